The molecule has 1 aromatic carbocycles. The number of carbonyl (C=O) groups excluding carboxylic acids is 1. The average molecular weight is 329 g/mol. The molecule has 1 aliphatic carbocycles. The van der Waals surface area contributed by atoms with Gasteiger partial charge in [-0.05, 0) is 44.0 Å². The number of halogens is 2. The number of carbonyl (C=O) groups is 1. The molecule has 2 N–H and O–H groups in total. The smallest absolute Gasteiger partial charge is 0.230 e. The lowest BCUT2D eigenvalue weighted by Gasteiger charge is -2.29. The van der Waals surface area contributed by atoms with E-state index in [1.807, 2.05) is 19.9 Å². The Morgan fingerprint density at radius 3 is 2.64 bits per heavy atom. The molecule has 1 atom stereocenters. The fourth-order valence-electron chi connectivity index (χ4n) is 3.25. The summed E-state index contributed by atoms with van der Waals surface area (Å²) in [5.41, 5.74) is 0.266. The molecule has 0 unspecified atom stereocenters. The van der Waals surface area contributed by atoms with Crippen molar-refractivity contribution in [2.75, 3.05) is 13.1 Å². The van der Waals surface area contributed by atoms with E-state index in [0.29, 0.717) is 6.54 Å². The van der Waals surface area contributed by atoms with Crippen LogP contribution in [0.3, 0.4) is 0 Å². The lowest BCUT2D eigenvalue weighted by molar-refractivity contribution is -0.126. The molecule has 0 heterocycles. The van der Waals surface area contributed by atoms with Crippen LogP contribution in [0.25, 0.3) is 0 Å². The molecule has 0 radical (unpaired) electrons. The van der Waals surface area contributed by atoms with Crippen molar-refractivity contribution in [2.24, 2.45) is 0 Å². The highest BCUT2D eigenvalue weighted by atomic mass is 35.5. The molecule has 0 aromatic heterocycles. The molecule has 0 saturated heterocycles. The third kappa shape index (κ3) is 4.20. The summed E-state index contributed by atoms with van der Waals surface area (Å²) < 4.78 is 13.5. The van der Waals surface area contributed by atoms with Gasteiger partial charge in [0, 0.05) is 12.6 Å². The minimum absolute atomic E-state index is 0. The summed E-state index contributed by atoms with van der Waals surface area (Å²) in [6, 6.07) is 6.75. The molecule has 124 valence electrons. The van der Waals surface area contributed by atoms with Gasteiger partial charge in [0.2, 0.25) is 5.91 Å². The zero-order valence-corrected chi connectivity index (χ0v) is 14.1. The molecular formula is C17H26ClFN2O. The summed E-state index contributed by atoms with van der Waals surface area (Å²) >= 11 is 0. The lowest BCUT2D eigenvalue weighted by Crippen LogP contribution is -2.47. The summed E-state index contributed by atoms with van der Waals surface area (Å²) in [5.74, 6) is -0.233. The van der Waals surface area contributed by atoms with Crippen molar-refractivity contribution in [3.05, 3.63) is 35.6 Å². The highest BCUT2D eigenvalue weighted by Gasteiger charge is 2.42. The highest BCUT2D eigenvalue weighted by Crippen LogP contribution is 2.41. The van der Waals surface area contributed by atoms with Crippen LogP contribution < -0.4 is 10.6 Å². The van der Waals surface area contributed by atoms with Gasteiger partial charge >= 0.3 is 0 Å². The van der Waals surface area contributed by atoms with Crippen LogP contribution in [-0.4, -0.2) is 25.0 Å². The second kappa shape index (κ2) is 8.49. The summed E-state index contributed by atoms with van der Waals surface area (Å²) in [6.45, 7) is 5.58. The van der Waals surface area contributed by atoms with Crippen molar-refractivity contribution in [3.8, 4) is 0 Å². The first kappa shape index (κ1) is 18.9. The molecule has 1 saturated carbocycles. The van der Waals surface area contributed by atoms with Crippen LogP contribution in [0.4, 0.5) is 4.39 Å². The predicted molar refractivity (Wildman–Crippen MR) is 89.9 cm³/mol. The fraction of sp³-hybridized carbons (Fsp3) is 0.588. The molecule has 3 nitrogen and oxygen atoms in total. The van der Waals surface area contributed by atoms with Gasteiger partial charge in [-0.25, -0.2) is 4.39 Å². The fourth-order valence-corrected chi connectivity index (χ4v) is 3.25. The third-order valence-corrected chi connectivity index (χ3v) is 4.39. The van der Waals surface area contributed by atoms with E-state index in [2.05, 4.69) is 10.6 Å². The predicted octanol–water partition coefficient (Wildman–Crippen LogP) is 3.17. The van der Waals surface area contributed by atoms with Gasteiger partial charge in [0.25, 0.3) is 0 Å². The van der Waals surface area contributed by atoms with E-state index in [0.717, 1.165) is 37.8 Å². The molecule has 1 aromatic rings. The second-order valence-electron chi connectivity index (χ2n) is 5.97. The summed E-state index contributed by atoms with van der Waals surface area (Å²) in [6.07, 6.45) is 3.65. The van der Waals surface area contributed by atoms with Crippen molar-refractivity contribution in [1.82, 2.24) is 10.6 Å². The molecule has 0 spiro atoms. The minimum atomic E-state index is -0.548. The van der Waals surface area contributed by atoms with Crippen LogP contribution in [0.5, 0.6) is 0 Å². The van der Waals surface area contributed by atoms with Crippen LogP contribution in [0.15, 0.2) is 24.3 Å². The molecule has 1 amide bonds. The second-order valence-corrected chi connectivity index (χ2v) is 5.97. The monoisotopic (exact) mass is 328 g/mol. The largest absolute Gasteiger partial charge is 0.354 e. The summed E-state index contributed by atoms with van der Waals surface area (Å²) in [5, 5.41) is 6.32. The van der Waals surface area contributed by atoms with Gasteiger partial charge in [-0.15, -0.1) is 12.4 Å². The van der Waals surface area contributed by atoms with E-state index in [-0.39, 0.29) is 30.2 Å². The van der Waals surface area contributed by atoms with E-state index < -0.39 is 5.41 Å². The summed E-state index contributed by atoms with van der Waals surface area (Å²) in [7, 11) is 0. The zero-order valence-electron chi connectivity index (χ0n) is 13.3. The Balaban J connectivity index is 0.00000242. The molecule has 5 heteroatoms. The maximum Gasteiger partial charge on any atom is 0.230 e. The topological polar surface area (TPSA) is 41.1 Å². The number of rotatable bonds is 6. The molecule has 2 rings (SSSR count). The average Bonchev–Trinajstić information content (AvgIpc) is 2.96. The number of nitrogens with one attached hydrogen (secondary N) is 2. The van der Waals surface area contributed by atoms with E-state index in [1.165, 1.54) is 12.1 Å². The molecular weight excluding hydrogens is 303 g/mol. The van der Waals surface area contributed by atoms with Crippen LogP contribution in [0.2, 0.25) is 0 Å². The number of likely N-dealkylation sites (N-methyl/N-ethyl adjacent to an activating group) is 1. The van der Waals surface area contributed by atoms with Crippen LogP contribution >= 0.6 is 12.4 Å². The van der Waals surface area contributed by atoms with Gasteiger partial charge in [-0.2, -0.15) is 0 Å². The lowest BCUT2D eigenvalue weighted by atomic mass is 9.78. The van der Waals surface area contributed by atoms with Gasteiger partial charge in [0.1, 0.15) is 5.82 Å². The molecule has 0 aliphatic heterocycles. The van der Waals surface area contributed by atoms with E-state index >= 15 is 0 Å². The van der Waals surface area contributed by atoms with E-state index in [9.17, 15) is 9.18 Å². The molecule has 22 heavy (non-hydrogen) atoms. The Bertz CT molecular complexity index is 489. The maximum absolute atomic E-state index is 13.5. The van der Waals surface area contributed by atoms with Crippen molar-refractivity contribution in [1.29, 1.82) is 0 Å². The highest BCUT2D eigenvalue weighted by molar-refractivity contribution is 5.88. The van der Waals surface area contributed by atoms with Gasteiger partial charge in [0.05, 0.1) is 5.41 Å². The Hall–Kier alpha value is -1.13. The molecule has 0 bridgehead atoms. The first-order valence-corrected chi connectivity index (χ1v) is 7.86. The van der Waals surface area contributed by atoms with Gasteiger partial charge < -0.3 is 10.6 Å². The van der Waals surface area contributed by atoms with Crippen LogP contribution in [0, 0.1) is 5.82 Å². The molecule has 1 aliphatic rings. The first-order valence-electron chi connectivity index (χ1n) is 7.86. The van der Waals surface area contributed by atoms with Crippen molar-refractivity contribution in [2.45, 2.75) is 51.0 Å². The number of hydrogen-bond donors (Lipinski definition) is 2. The van der Waals surface area contributed by atoms with Gasteiger partial charge in [-0.3, -0.25) is 4.79 Å². The Kier molecular flexibility index (Phi) is 7.30. The standard InChI is InChI=1S/C17H25FN2O.ClH/c1-3-19-13(2)12-20-16(21)17(9-4-5-10-17)14-7-6-8-15(18)11-14;/h6-8,11,13,19H,3-5,9-10,12H2,1-2H3,(H,20,21);1H/t13-;/m1./s1. The molecule has 1 fully saturated rings. The normalized spacial score (nSPS) is 17.6. The van der Waals surface area contributed by atoms with Gasteiger partial charge in [-0.1, -0.05) is 31.9 Å². The van der Waals surface area contributed by atoms with Gasteiger partial charge in [0.15, 0.2) is 0 Å². The van der Waals surface area contributed by atoms with Crippen LogP contribution in [0.1, 0.15) is 45.1 Å². The minimum Gasteiger partial charge on any atom is -0.354 e. The number of hydrogen-bond acceptors (Lipinski definition) is 2. The first-order chi connectivity index (χ1) is 10.1. The third-order valence-electron chi connectivity index (χ3n) is 4.39. The quantitative estimate of drug-likeness (QED) is 0.842. The Labute approximate surface area is 138 Å². The Morgan fingerprint density at radius 2 is 2.05 bits per heavy atom. The van der Waals surface area contributed by atoms with Crippen molar-refractivity contribution >= 4 is 18.3 Å². The van der Waals surface area contributed by atoms with Crippen molar-refractivity contribution < 1.29 is 9.18 Å². The summed E-state index contributed by atoms with van der Waals surface area (Å²) in [4.78, 5) is 12.7. The van der Waals surface area contributed by atoms with Crippen molar-refractivity contribution in [3.63, 3.8) is 0 Å². The Morgan fingerprint density at radius 1 is 1.36 bits per heavy atom. The SMILES string of the molecule is CCN[C@H](C)CNC(=O)C1(c2cccc(F)c2)CCCC1.Cl. The van der Waals surface area contributed by atoms with E-state index in [4.69, 9.17) is 0 Å². The number of benzene rings is 1. The maximum atomic E-state index is 13.5. The van der Waals surface area contributed by atoms with E-state index in [1.54, 1.807) is 6.07 Å². The zero-order chi connectivity index (χ0) is 15.3. The number of amides is 1. The van der Waals surface area contributed by atoms with Crippen LogP contribution in [-0.2, 0) is 10.2 Å².